The van der Waals surface area contributed by atoms with Gasteiger partial charge < -0.3 is 20.7 Å². The van der Waals surface area contributed by atoms with E-state index < -0.39 is 65.5 Å². The van der Waals surface area contributed by atoms with Gasteiger partial charge in [0, 0.05) is 6.20 Å². The lowest BCUT2D eigenvalue weighted by Gasteiger charge is -2.23. The van der Waals surface area contributed by atoms with Crippen molar-refractivity contribution in [3.05, 3.63) is 22.7 Å². The van der Waals surface area contributed by atoms with Crippen molar-refractivity contribution < 1.29 is 33.1 Å². The van der Waals surface area contributed by atoms with E-state index in [0.29, 0.717) is 0 Å². The zero-order valence-electron chi connectivity index (χ0n) is 15.1. The first kappa shape index (κ1) is 27.7. The molecule has 18 heteroatoms. The molecule has 2 heterocycles. The van der Waals surface area contributed by atoms with E-state index in [4.69, 9.17) is 93.6 Å². The van der Waals surface area contributed by atoms with E-state index in [1.165, 1.54) is 12.3 Å². The van der Waals surface area contributed by atoms with Gasteiger partial charge in [-0.1, -0.05) is 69.6 Å². The highest BCUT2D eigenvalue weighted by atomic mass is 35.6. The number of anilines is 1. The zero-order valence-corrected chi connectivity index (χ0v) is 20.5. The molecule has 0 radical (unpaired) electrons. The number of aliphatic hydroxyl groups excluding tert-OH is 2. The minimum atomic E-state index is -4.50. The van der Waals surface area contributed by atoms with Gasteiger partial charge in [0.15, 0.2) is 6.23 Å². The summed E-state index contributed by atoms with van der Waals surface area (Å²) in [7, 11) is -4.50. The summed E-state index contributed by atoms with van der Waals surface area (Å²) in [4.78, 5) is 15.5. The van der Waals surface area contributed by atoms with Crippen LogP contribution in [0, 0.1) is 0 Å². The Kier molecular flexibility index (Phi) is 9.61. The molecule has 1 aromatic heterocycles. The van der Waals surface area contributed by atoms with Gasteiger partial charge in [-0.25, -0.2) is 9.36 Å². The largest absolute Gasteiger partial charge is 0.475 e. The molecule has 31 heavy (non-hydrogen) atoms. The molecular formula is C13H16Cl6N3O8P. The molecule has 1 aromatic rings. The maximum Gasteiger partial charge on any atom is 0.475 e. The van der Waals surface area contributed by atoms with Crippen LogP contribution in [0.3, 0.4) is 0 Å². The Balaban J connectivity index is 2.10. The third kappa shape index (κ3) is 8.60. The highest BCUT2D eigenvalue weighted by Crippen LogP contribution is 2.53. The Hall–Kier alpha value is 0.410. The van der Waals surface area contributed by atoms with Gasteiger partial charge in [-0.05, 0) is 6.07 Å². The molecule has 0 amide bonds. The molecule has 0 saturated carbocycles. The molecule has 4 atom stereocenters. The number of phosphoric acid groups is 1. The van der Waals surface area contributed by atoms with Crippen molar-refractivity contribution in [1.82, 2.24) is 9.55 Å². The quantitative estimate of drug-likeness (QED) is 0.306. The van der Waals surface area contributed by atoms with Crippen LogP contribution in [0.4, 0.5) is 5.82 Å². The van der Waals surface area contributed by atoms with Gasteiger partial charge in [0.1, 0.15) is 37.3 Å². The predicted molar refractivity (Wildman–Crippen MR) is 115 cm³/mol. The van der Waals surface area contributed by atoms with E-state index in [2.05, 4.69) is 4.98 Å². The number of ether oxygens (including phenoxy) is 1. The molecule has 0 aliphatic carbocycles. The maximum atomic E-state index is 12.8. The van der Waals surface area contributed by atoms with E-state index >= 15 is 0 Å². The second-order valence-electron chi connectivity index (χ2n) is 6.11. The van der Waals surface area contributed by atoms with Crippen molar-refractivity contribution in [3.63, 3.8) is 0 Å². The summed E-state index contributed by atoms with van der Waals surface area (Å²) in [5.74, 6) is -0.0488. The van der Waals surface area contributed by atoms with E-state index in [0.717, 1.165) is 4.57 Å². The first-order valence-electron chi connectivity index (χ1n) is 8.14. The number of nitrogen functional groups attached to an aromatic ring is 1. The zero-order chi connectivity index (χ0) is 23.6. The summed E-state index contributed by atoms with van der Waals surface area (Å²) in [6.45, 7) is -2.09. The van der Waals surface area contributed by atoms with Gasteiger partial charge in [0.2, 0.25) is 7.59 Å². The summed E-state index contributed by atoms with van der Waals surface area (Å²) >= 11 is 33.4. The summed E-state index contributed by atoms with van der Waals surface area (Å²) in [6.07, 6.45) is -4.55. The lowest BCUT2D eigenvalue weighted by atomic mass is 10.1. The van der Waals surface area contributed by atoms with Crippen molar-refractivity contribution in [1.29, 1.82) is 0 Å². The lowest BCUT2D eigenvalue weighted by Crippen LogP contribution is -2.36. The summed E-state index contributed by atoms with van der Waals surface area (Å²) in [5, 5.41) is 20.5. The van der Waals surface area contributed by atoms with Crippen LogP contribution < -0.4 is 11.4 Å². The minimum absolute atomic E-state index is 0.0488. The van der Waals surface area contributed by atoms with Gasteiger partial charge >= 0.3 is 13.5 Å². The van der Waals surface area contributed by atoms with Crippen LogP contribution >= 0.6 is 77.4 Å². The van der Waals surface area contributed by atoms with Crippen molar-refractivity contribution in [2.45, 2.75) is 32.1 Å². The smallest absolute Gasteiger partial charge is 0.387 e. The van der Waals surface area contributed by atoms with Crippen molar-refractivity contribution in [3.8, 4) is 0 Å². The number of hydrogen-bond acceptors (Lipinski definition) is 10. The Morgan fingerprint density at radius 1 is 1.10 bits per heavy atom. The number of alkyl halides is 6. The molecule has 0 bridgehead atoms. The van der Waals surface area contributed by atoms with Gasteiger partial charge in [-0.15, -0.1) is 0 Å². The average Bonchev–Trinajstić information content (AvgIpc) is 2.91. The topological polar surface area (TPSA) is 155 Å². The number of nitrogens with zero attached hydrogens (tertiary/aromatic N) is 2. The fraction of sp³-hybridized carbons (Fsp3) is 0.692. The second-order valence-corrected chi connectivity index (χ2v) is 12.8. The van der Waals surface area contributed by atoms with Crippen LogP contribution in [0.25, 0.3) is 0 Å². The van der Waals surface area contributed by atoms with E-state index in [-0.39, 0.29) is 5.82 Å². The molecule has 11 nitrogen and oxygen atoms in total. The predicted octanol–water partition coefficient (Wildman–Crippen LogP) is 2.34. The van der Waals surface area contributed by atoms with Crippen LogP contribution in [-0.2, 0) is 22.9 Å². The average molecular weight is 586 g/mol. The van der Waals surface area contributed by atoms with Gasteiger partial charge in [-0.3, -0.25) is 18.1 Å². The summed E-state index contributed by atoms with van der Waals surface area (Å²) in [6, 6.07) is 1.29. The normalized spacial score (nSPS) is 25.2. The van der Waals surface area contributed by atoms with E-state index in [1.54, 1.807) is 0 Å². The molecule has 178 valence electrons. The number of nitrogens with two attached hydrogens (primary N) is 1. The van der Waals surface area contributed by atoms with Gasteiger partial charge in [0.25, 0.3) is 0 Å². The van der Waals surface area contributed by atoms with Crippen LogP contribution in [0.2, 0.25) is 0 Å². The van der Waals surface area contributed by atoms with Crippen LogP contribution in [0.15, 0.2) is 17.1 Å². The Morgan fingerprint density at radius 2 is 1.65 bits per heavy atom. The fourth-order valence-corrected chi connectivity index (χ4v) is 4.34. The molecule has 1 fully saturated rings. The molecule has 0 aromatic carbocycles. The standard InChI is InChI=1S/C13H16Cl6N3O8P/c14-12(15,16)4-28-31(26,29-5-13(17,18)19)27-3-6-8(23)9(24)10(30-6)22-2-1-7(20)21-11(22)25/h1-2,6,8-10,23-24H,3-5H2,(H2,20,21,25)/t6-,8-,9+,10?/m1/s1. The number of halogens is 6. The van der Waals surface area contributed by atoms with Gasteiger partial charge in [-0.2, -0.15) is 4.98 Å². The number of aromatic nitrogens is 2. The molecule has 1 aliphatic rings. The minimum Gasteiger partial charge on any atom is -0.387 e. The monoisotopic (exact) mass is 583 g/mol. The van der Waals surface area contributed by atoms with Crippen LogP contribution in [-0.4, -0.2) is 65.5 Å². The fourth-order valence-electron chi connectivity index (χ4n) is 2.30. The SMILES string of the molecule is Nc1ccn(C2O[C@H](COP(=O)(OCC(Cl)(Cl)Cl)OCC(Cl)(Cl)Cl)[C@@H](O)[C@@H]2O)c(=O)n1. The second kappa shape index (κ2) is 10.8. The molecule has 1 saturated heterocycles. The first-order valence-corrected chi connectivity index (χ1v) is 11.9. The van der Waals surface area contributed by atoms with Crippen molar-refractivity contribution in [2.24, 2.45) is 0 Å². The maximum absolute atomic E-state index is 12.8. The highest BCUT2D eigenvalue weighted by Gasteiger charge is 2.46. The van der Waals surface area contributed by atoms with Crippen molar-refractivity contribution >= 4 is 83.2 Å². The number of aliphatic hydroxyl groups is 2. The molecular weight excluding hydrogens is 570 g/mol. The molecule has 0 spiro atoms. The van der Waals surface area contributed by atoms with E-state index in [1.807, 2.05) is 0 Å². The first-order chi connectivity index (χ1) is 14.1. The van der Waals surface area contributed by atoms with Gasteiger partial charge in [0.05, 0.1) is 6.61 Å². The Bertz CT molecular complexity index is 843. The molecule has 2 rings (SSSR count). The molecule has 1 aliphatic heterocycles. The summed E-state index contributed by atoms with van der Waals surface area (Å²) in [5.41, 5.74) is 4.58. The Labute approximate surface area is 205 Å². The highest BCUT2D eigenvalue weighted by molar-refractivity contribution is 7.48. The van der Waals surface area contributed by atoms with E-state index in [9.17, 15) is 19.6 Å². The van der Waals surface area contributed by atoms with Crippen LogP contribution in [0.1, 0.15) is 6.23 Å². The third-order valence-corrected chi connectivity index (χ3v) is 5.64. The lowest BCUT2D eigenvalue weighted by molar-refractivity contribution is -0.0561. The van der Waals surface area contributed by atoms with Crippen molar-refractivity contribution in [2.75, 3.05) is 25.6 Å². The molecule has 4 N–H and O–H groups in total. The Morgan fingerprint density at radius 3 is 2.13 bits per heavy atom. The number of hydrogen-bond donors (Lipinski definition) is 3. The molecule has 1 unspecified atom stereocenters. The third-order valence-electron chi connectivity index (χ3n) is 3.63. The number of rotatable bonds is 8. The number of phosphoric ester groups is 1. The summed E-state index contributed by atoms with van der Waals surface area (Å²) < 4.78 is 30.1. The van der Waals surface area contributed by atoms with Crippen LogP contribution in [0.5, 0.6) is 0 Å².